The van der Waals surface area contributed by atoms with Crippen LogP contribution >= 0.6 is 23.2 Å². The molecule has 1 aromatic heterocycles. The molecule has 29 heavy (non-hydrogen) atoms. The second-order valence-electron chi connectivity index (χ2n) is 5.70. The van der Waals surface area contributed by atoms with Crippen LogP contribution in [-0.2, 0) is 12.7 Å². The molecule has 2 N–H and O–H groups in total. The Morgan fingerprint density at radius 3 is 2.41 bits per heavy atom. The van der Waals surface area contributed by atoms with Gasteiger partial charge in [-0.3, -0.25) is 4.79 Å². The van der Waals surface area contributed by atoms with E-state index < -0.39 is 35.9 Å². The van der Waals surface area contributed by atoms with Crippen molar-refractivity contribution in [2.75, 3.05) is 0 Å². The molecule has 0 aliphatic carbocycles. The number of phenols is 1. The fourth-order valence-corrected chi connectivity index (χ4v) is 2.73. The molecule has 3 aromatic rings. The number of aromatic hydroxyl groups is 1. The van der Waals surface area contributed by atoms with Crippen LogP contribution in [0, 0.1) is 5.82 Å². The Bertz CT molecular complexity index is 1060. The second-order valence-corrected chi connectivity index (χ2v) is 6.51. The zero-order valence-corrected chi connectivity index (χ0v) is 15.5. The molecule has 12 heteroatoms. The van der Waals surface area contributed by atoms with Gasteiger partial charge in [0.05, 0.1) is 15.6 Å². The van der Waals surface area contributed by atoms with Gasteiger partial charge in [0.2, 0.25) is 5.82 Å². The number of phenolic OH excluding ortho intramolecular Hbond substituents is 1. The fourth-order valence-electron chi connectivity index (χ4n) is 2.25. The van der Waals surface area contributed by atoms with Crippen molar-refractivity contribution in [3.8, 4) is 17.1 Å². The SMILES string of the molecule is O=C(NCc1ccc(C(F)(F)F)cc1F)c1nc(-c2cc(Cl)c(O)c(Cl)c2)no1. The first-order valence-electron chi connectivity index (χ1n) is 7.72. The predicted octanol–water partition coefficient (Wildman–Crippen LogP) is 4.84. The number of hydrogen-bond donors (Lipinski definition) is 2. The molecular formula is C17H9Cl2F4N3O3. The Morgan fingerprint density at radius 2 is 1.83 bits per heavy atom. The van der Waals surface area contributed by atoms with E-state index in [1.54, 1.807) is 0 Å². The lowest BCUT2D eigenvalue weighted by molar-refractivity contribution is -0.137. The van der Waals surface area contributed by atoms with Crippen molar-refractivity contribution in [2.45, 2.75) is 12.7 Å². The third-order valence-electron chi connectivity index (χ3n) is 3.72. The van der Waals surface area contributed by atoms with Crippen molar-refractivity contribution in [1.29, 1.82) is 0 Å². The smallest absolute Gasteiger partial charge is 0.416 e. The number of alkyl halides is 3. The predicted molar refractivity (Wildman–Crippen MR) is 94.0 cm³/mol. The Morgan fingerprint density at radius 1 is 1.17 bits per heavy atom. The molecule has 0 aliphatic rings. The summed E-state index contributed by atoms with van der Waals surface area (Å²) in [6.07, 6.45) is -4.68. The lowest BCUT2D eigenvalue weighted by Gasteiger charge is -2.09. The van der Waals surface area contributed by atoms with Gasteiger partial charge < -0.3 is 14.9 Å². The molecule has 1 amide bonds. The van der Waals surface area contributed by atoms with Crippen LogP contribution in [0.3, 0.4) is 0 Å². The van der Waals surface area contributed by atoms with E-state index in [0.29, 0.717) is 12.1 Å². The highest BCUT2D eigenvalue weighted by Crippen LogP contribution is 2.35. The first-order chi connectivity index (χ1) is 13.6. The molecule has 0 aliphatic heterocycles. The minimum absolute atomic E-state index is 0.0559. The standard InChI is InChI=1S/C17H9Cl2F4N3O3/c18-10-3-8(4-11(19)13(10)27)14-25-16(29-26-14)15(28)24-6-7-1-2-9(5-12(7)20)17(21,22)23/h1-5,27H,6H2,(H,24,28). The van der Waals surface area contributed by atoms with E-state index in [4.69, 9.17) is 27.7 Å². The zero-order valence-electron chi connectivity index (χ0n) is 14.0. The van der Waals surface area contributed by atoms with E-state index in [1.807, 2.05) is 0 Å². The third-order valence-corrected chi connectivity index (χ3v) is 4.29. The summed E-state index contributed by atoms with van der Waals surface area (Å²) in [6.45, 7) is -0.405. The number of carbonyl (C=O) groups excluding carboxylic acids is 1. The monoisotopic (exact) mass is 449 g/mol. The summed E-state index contributed by atoms with van der Waals surface area (Å²) in [5.41, 5.74) is -1.05. The van der Waals surface area contributed by atoms with Gasteiger partial charge in [-0.2, -0.15) is 18.2 Å². The molecule has 2 aromatic carbocycles. The highest BCUT2D eigenvalue weighted by molar-refractivity contribution is 6.37. The van der Waals surface area contributed by atoms with Crippen molar-refractivity contribution >= 4 is 29.1 Å². The molecule has 0 atom stereocenters. The Hall–Kier alpha value is -2.85. The third kappa shape index (κ3) is 4.60. The number of benzene rings is 2. The summed E-state index contributed by atoms with van der Waals surface area (Å²) in [5.74, 6) is -2.87. The molecular weight excluding hydrogens is 441 g/mol. The van der Waals surface area contributed by atoms with Gasteiger partial charge in [0.1, 0.15) is 5.82 Å². The Balaban J connectivity index is 1.71. The second kappa shape index (κ2) is 7.88. The topological polar surface area (TPSA) is 88.2 Å². The van der Waals surface area contributed by atoms with Gasteiger partial charge in [-0.1, -0.05) is 34.4 Å². The number of nitrogens with zero attached hydrogens (tertiary/aromatic N) is 2. The minimum atomic E-state index is -4.68. The van der Waals surface area contributed by atoms with E-state index in [0.717, 1.165) is 6.07 Å². The molecule has 0 spiro atoms. The zero-order chi connectivity index (χ0) is 21.3. The summed E-state index contributed by atoms with van der Waals surface area (Å²) in [6, 6.07) is 4.55. The number of rotatable bonds is 4. The maximum absolute atomic E-state index is 13.8. The van der Waals surface area contributed by atoms with Crippen molar-refractivity contribution in [3.63, 3.8) is 0 Å². The first kappa shape index (κ1) is 20.9. The van der Waals surface area contributed by atoms with Crippen molar-refractivity contribution in [1.82, 2.24) is 15.5 Å². The van der Waals surface area contributed by atoms with Crippen LogP contribution in [0.5, 0.6) is 5.75 Å². The fraction of sp³-hybridized carbons (Fsp3) is 0.118. The number of nitrogens with one attached hydrogen (secondary N) is 1. The molecule has 0 saturated heterocycles. The molecule has 0 fully saturated rings. The molecule has 0 bridgehead atoms. The quantitative estimate of drug-likeness (QED) is 0.556. The van der Waals surface area contributed by atoms with Crippen molar-refractivity contribution in [2.24, 2.45) is 0 Å². The molecule has 0 unspecified atom stereocenters. The molecule has 3 rings (SSSR count). The lowest BCUT2D eigenvalue weighted by Crippen LogP contribution is -2.23. The van der Waals surface area contributed by atoms with Gasteiger partial charge in [0.25, 0.3) is 0 Å². The summed E-state index contributed by atoms with van der Waals surface area (Å²) < 4.78 is 56.3. The van der Waals surface area contributed by atoms with Crippen LogP contribution in [0.15, 0.2) is 34.9 Å². The number of halogens is 6. The van der Waals surface area contributed by atoms with Crippen LogP contribution in [0.25, 0.3) is 11.4 Å². The number of carbonyl (C=O) groups is 1. The average Bonchev–Trinajstić information content (AvgIpc) is 3.14. The largest absolute Gasteiger partial charge is 0.505 e. The first-order valence-corrected chi connectivity index (χ1v) is 8.47. The van der Waals surface area contributed by atoms with E-state index >= 15 is 0 Å². The summed E-state index contributed by atoms with van der Waals surface area (Å²) in [5, 5.41) is 15.3. The van der Waals surface area contributed by atoms with Gasteiger partial charge in [-0.05, 0) is 24.3 Å². The maximum Gasteiger partial charge on any atom is 0.416 e. The van der Waals surface area contributed by atoms with Gasteiger partial charge >= 0.3 is 18.0 Å². The number of aromatic nitrogens is 2. The molecule has 152 valence electrons. The van der Waals surface area contributed by atoms with Crippen LogP contribution in [0.4, 0.5) is 17.6 Å². The average molecular weight is 450 g/mol. The summed E-state index contributed by atoms with van der Waals surface area (Å²) in [4.78, 5) is 15.9. The minimum Gasteiger partial charge on any atom is -0.505 e. The van der Waals surface area contributed by atoms with E-state index in [2.05, 4.69) is 15.5 Å². The number of hydrogen-bond acceptors (Lipinski definition) is 5. The van der Waals surface area contributed by atoms with Crippen LogP contribution in [0.2, 0.25) is 10.0 Å². The van der Waals surface area contributed by atoms with Gasteiger partial charge in [0.15, 0.2) is 5.75 Å². The van der Waals surface area contributed by atoms with Gasteiger partial charge in [-0.25, -0.2) is 4.39 Å². The molecule has 1 heterocycles. The summed E-state index contributed by atoms with van der Waals surface area (Å²) in [7, 11) is 0. The van der Waals surface area contributed by atoms with Crippen molar-refractivity contribution < 1.29 is 32.0 Å². The number of amides is 1. The highest BCUT2D eigenvalue weighted by atomic mass is 35.5. The van der Waals surface area contributed by atoms with Crippen LogP contribution in [-0.4, -0.2) is 21.2 Å². The van der Waals surface area contributed by atoms with Gasteiger partial charge in [0, 0.05) is 17.7 Å². The van der Waals surface area contributed by atoms with E-state index in [1.165, 1.54) is 12.1 Å². The van der Waals surface area contributed by atoms with Crippen LogP contribution in [0.1, 0.15) is 21.8 Å². The van der Waals surface area contributed by atoms with E-state index in [9.17, 15) is 27.5 Å². The maximum atomic E-state index is 13.8. The Kier molecular flexibility index (Phi) is 5.67. The molecule has 0 saturated carbocycles. The normalized spacial score (nSPS) is 11.5. The van der Waals surface area contributed by atoms with Crippen molar-refractivity contribution in [3.05, 3.63) is 63.2 Å². The molecule has 0 radical (unpaired) electrons. The van der Waals surface area contributed by atoms with Crippen LogP contribution < -0.4 is 5.32 Å². The highest BCUT2D eigenvalue weighted by Gasteiger charge is 2.31. The summed E-state index contributed by atoms with van der Waals surface area (Å²) >= 11 is 11.6. The van der Waals surface area contributed by atoms with E-state index in [-0.39, 0.29) is 32.7 Å². The van der Waals surface area contributed by atoms with Gasteiger partial charge in [-0.15, -0.1) is 0 Å². The Labute approximate surface area is 170 Å². The lowest BCUT2D eigenvalue weighted by atomic mass is 10.1. The molecule has 6 nitrogen and oxygen atoms in total.